The third-order valence-corrected chi connectivity index (χ3v) is 5.96. The molecule has 0 saturated carbocycles. The summed E-state index contributed by atoms with van der Waals surface area (Å²) in [5.74, 6) is -0.0872. The van der Waals surface area contributed by atoms with Crippen LogP contribution in [-0.2, 0) is 16.1 Å². The van der Waals surface area contributed by atoms with Gasteiger partial charge in [0.05, 0.1) is 24.0 Å². The van der Waals surface area contributed by atoms with E-state index in [0.717, 1.165) is 5.56 Å². The van der Waals surface area contributed by atoms with E-state index >= 15 is 0 Å². The van der Waals surface area contributed by atoms with Crippen LogP contribution in [0.5, 0.6) is 0 Å². The average molecular weight is 409 g/mol. The Labute approximate surface area is 175 Å². The molecule has 1 saturated heterocycles. The molecule has 1 atom stereocenters. The largest absolute Gasteiger partial charge is 0.354 e. The Bertz CT molecular complexity index is 985. The van der Waals surface area contributed by atoms with Gasteiger partial charge in [-0.1, -0.05) is 12.1 Å². The van der Waals surface area contributed by atoms with Gasteiger partial charge in [0.2, 0.25) is 11.8 Å². The molecular weight excluding hydrogens is 382 g/mol. The lowest BCUT2D eigenvalue weighted by Crippen LogP contribution is -2.62. The number of amides is 3. The van der Waals surface area contributed by atoms with Crippen molar-refractivity contribution in [2.45, 2.75) is 51.7 Å². The van der Waals surface area contributed by atoms with Gasteiger partial charge in [0, 0.05) is 32.1 Å². The van der Waals surface area contributed by atoms with Crippen LogP contribution < -0.4 is 10.2 Å². The number of aryl methyl sites for hydroxylation is 1. The van der Waals surface area contributed by atoms with Gasteiger partial charge in [-0.25, -0.2) is 0 Å². The van der Waals surface area contributed by atoms with E-state index in [2.05, 4.69) is 10.4 Å². The van der Waals surface area contributed by atoms with E-state index in [1.165, 1.54) is 0 Å². The normalized spacial score (nSPS) is 20.3. The molecule has 1 unspecified atom stereocenters. The van der Waals surface area contributed by atoms with Crippen LogP contribution in [0.15, 0.2) is 36.7 Å². The Kier molecular flexibility index (Phi) is 5.32. The van der Waals surface area contributed by atoms with Crippen molar-refractivity contribution < 1.29 is 14.4 Å². The summed E-state index contributed by atoms with van der Waals surface area (Å²) in [4.78, 5) is 41.5. The molecule has 3 heterocycles. The quantitative estimate of drug-likeness (QED) is 0.759. The van der Waals surface area contributed by atoms with E-state index in [-0.39, 0.29) is 17.7 Å². The summed E-state index contributed by atoms with van der Waals surface area (Å²) in [6.07, 6.45) is 5.60. The summed E-state index contributed by atoms with van der Waals surface area (Å²) in [6, 6.07) is 7.26. The maximum absolute atomic E-state index is 13.2. The van der Waals surface area contributed by atoms with Gasteiger partial charge in [0.15, 0.2) is 0 Å². The maximum atomic E-state index is 13.2. The van der Waals surface area contributed by atoms with Crippen LogP contribution in [0.3, 0.4) is 0 Å². The first kappa shape index (κ1) is 20.1. The first-order chi connectivity index (χ1) is 14.4. The average Bonchev–Trinajstić information content (AvgIpc) is 3.27. The molecule has 3 amide bonds. The van der Waals surface area contributed by atoms with Gasteiger partial charge in [-0.05, 0) is 44.4 Å². The zero-order valence-corrected chi connectivity index (χ0v) is 17.4. The molecule has 0 radical (unpaired) electrons. The molecule has 158 valence electrons. The molecule has 1 aromatic carbocycles. The van der Waals surface area contributed by atoms with Crippen molar-refractivity contribution in [2.24, 2.45) is 0 Å². The number of hydrogen-bond acceptors (Lipinski definition) is 4. The monoisotopic (exact) mass is 409 g/mol. The minimum Gasteiger partial charge on any atom is -0.354 e. The van der Waals surface area contributed by atoms with Crippen LogP contribution in [0.2, 0.25) is 0 Å². The zero-order chi connectivity index (χ0) is 21.3. The highest BCUT2D eigenvalue weighted by atomic mass is 16.2. The first-order valence-electron chi connectivity index (χ1n) is 10.4. The predicted octanol–water partition coefficient (Wildman–Crippen LogP) is 2.09. The minimum atomic E-state index is -0.670. The lowest BCUT2D eigenvalue weighted by Gasteiger charge is -2.48. The second kappa shape index (κ2) is 7.93. The lowest BCUT2D eigenvalue weighted by atomic mass is 9.98. The van der Waals surface area contributed by atoms with E-state index in [9.17, 15) is 14.4 Å². The summed E-state index contributed by atoms with van der Waals surface area (Å²) < 4.78 is 1.80. The standard InChI is InChI=1S/C22H27N5O3/c1-16-14-24-25(15-16)13-11-23-19(28)8-5-12-26-21(30)17-6-3-4-7-18(17)27-20(29)9-10-22(26,27)2/h3-4,6-7,14-15H,5,8-13H2,1-2H3,(H,23,28). The van der Waals surface area contributed by atoms with Crippen LogP contribution >= 0.6 is 0 Å². The number of nitrogens with zero attached hydrogens (tertiary/aromatic N) is 4. The molecule has 2 aliphatic heterocycles. The first-order valence-corrected chi connectivity index (χ1v) is 10.4. The lowest BCUT2D eigenvalue weighted by molar-refractivity contribution is -0.121. The Morgan fingerprint density at radius 2 is 2.03 bits per heavy atom. The highest BCUT2D eigenvalue weighted by Crippen LogP contribution is 2.43. The van der Waals surface area contributed by atoms with Crippen LogP contribution in [-0.4, -0.2) is 51.2 Å². The van der Waals surface area contributed by atoms with Crippen molar-refractivity contribution >= 4 is 23.4 Å². The Morgan fingerprint density at radius 3 is 2.80 bits per heavy atom. The van der Waals surface area contributed by atoms with Gasteiger partial charge in [-0.2, -0.15) is 5.10 Å². The van der Waals surface area contributed by atoms with Gasteiger partial charge >= 0.3 is 0 Å². The van der Waals surface area contributed by atoms with Crippen molar-refractivity contribution in [2.75, 3.05) is 18.0 Å². The van der Waals surface area contributed by atoms with E-state index in [1.807, 2.05) is 38.2 Å². The summed E-state index contributed by atoms with van der Waals surface area (Å²) >= 11 is 0. The van der Waals surface area contributed by atoms with Crippen molar-refractivity contribution in [1.29, 1.82) is 0 Å². The van der Waals surface area contributed by atoms with E-state index < -0.39 is 5.66 Å². The minimum absolute atomic E-state index is 0.0362. The number of carbonyl (C=O) groups is 3. The highest BCUT2D eigenvalue weighted by Gasteiger charge is 2.52. The molecule has 1 aromatic heterocycles. The van der Waals surface area contributed by atoms with Gasteiger partial charge in [-0.15, -0.1) is 0 Å². The van der Waals surface area contributed by atoms with Crippen LogP contribution in [0.4, 0.5) is 5.69 Å². The number of aromatic nitrogens is 2. The molecule has 0 bridgehead atoms. The number of carbonyl (C=O) groups excluding carboxylic acids is 3. The molecule has 1 fully saturated rings. The maximum Gasteiger partial charge on any atom is 0.257 e. The molecule has 0 spiro atoms. The molecule has 8 heteroatoms. The predicted molar refractivity (Wildman–Crippen MR) is 112 cm³/mol. The third-order valence-electron chi connectivity index (χ3n) is 5.96. The second-order valence-electron chi connectivity index (χ2n) is 8.15. The zero-order valence-electron chi connectivity index (χ0n) is 17.4. The fraction of sp³-hybridized carbons (Fsp3) is 0.455. The summed E-state index contributed by atoms with van der Waals surface area (Å²) in [5, 5.41) is 7.10. The van der Waals surface area contributed by atoms with Crippen LogP contribution in [0.25, 0.3) is 0 Å². The number of rotatable bonds is 7. The van der Waals surface area contributed by atoms with Crippen LogP contribution in [0.1, 0.15) is 48.5 Å². The fourth-order valence-corrected chi connectivity index (χ4v) is 4.43. The topological polar surface area (TPSA) is 87.5 Å². The Hall–Kier alpha value is -3.16. The number of fused-ring (bicyclic) bond motifs is 3. The second-order valence-corrected chi connectivity index (χ2v) is 8.15. The van der Waals surface area contributed by atoms with E-state index in [4.69, 9.17) is 0 Å². The molecule has 1 N–H and O–H groups in total. The smallest absolute Gasteiger partial charge is 0.257 e. The Balaban J connectivity index is 1.35. The molecule has 2 aliphatic rings. The number of benzene rings is 1. The van der Waals surface area contributed by atoms with Gasteiger partial charge in [0.1, 0.15) is 5.66 Å². The van der Waals surface area contributed by atoms with Gasteiger partial charge in [0.25, 0.3) is 5.91 Å². The SMILES string of the molecule is Cc1cnn(CCNC(=O)CCCN2C(=O)c3ccccc3N3C(=O)CCC23C)c1. The molecule has 4 rings (SSSR count). The third kappa shape index (κ3) is 3.58. The molecular formula is C22H27N5O3. The number of anilines is 1. The fourth-order valence-electron chi connectivity index (χ4n) is 4.43. The van der Waals surface area contributed by atoms with Crippen molar-refractivity contribution in [3.8, 4) is 0 Å². The Morgan fingerprint density at radius 1 is 1.23 bits per heavy atom. The number of hydrogen-bond donors (Lipinski definition) is 1. The van der Waals surface area contributed by atoms with E-state index in [0.29, 0.717) is 56.6 Å². The molecule has 2 aromatic rings. The number of nitrogens with one attached hydrogen (secondary N) is 1. The van der Waals surface area contributed by atoms with Crippen molar-refractivity contribution in [1.82, 2.24) is 20.0 Å². The molecule has 30 heavy (non-hydrogen) atoms. The van der Waals surface area contributed by atoms with E-state index in [1.54, 1.807) is 26.7 Å². The summed E-state index contributed by atoms with van der Waals surface area (Å²) in [6.45, 7) is 5.48. The van der Waals surface area contributed by atoms with Crippen LogP contribution in [0, 0.1) is 6.92 Å². The molecule has 0 aliphatic carbocycles. The summed E-state index contributed by atoms with van der Waals surface area (Å²) in [7, 11) is 0. The summed E-state index contributed by atoms with van der Waals surface area (Å²) in [5.41, 5.74) is 1.65. The van der Waals surface area contributed by atoms with Crippen molar-refractivity contribution in [3.63, 3.8) is 0 Å². The van der Waals surface area contributed by atoms with Gasteiger partial charge in [-0.3, -0.25) is 24.0 Å². The number of para-hydroxylation sites is 1. The molecule has 8 nitrogen and oxygen atoms in total. The van der Waals surface area contributed by atoms with Crippen molar-refractivity contribution in [3.05, 3.63) is 47.8 Å². The van der Waals surface area contributed by atoms with Gasteiger partial charge < -0.3 is 10.2 Å². The highest BCUT2D eigenvalue weighted by molar-refractivity contribution is 6.10.